The van der Waals surface area contributed by atoms with Gasteiger partial charge in [-0.15, -0.1) is 0 Å². The van der Waals surface area contributed by atoms with Crippen molar-refractivity contribution in [3.8, 4) is 0 Å². The van der Waals surface area contributed by atoms with E-state index in [2.05, 4.69) is 4.74 Å². The summed E-state index contributed by atoms with van der Waals surface area (Å²) in [4.78, 5) is 10.1. The molecule has 0 amide bonds. The fourth-order valence-corrected chi connectivity index (χ4v) is 1.28. The molecular formula is C9H8Cl2O3. The molecule has 1 rings (SSSR count). The summed E-state index contributed by atoms with van der Waals surface area (Å²) in [5, 5.41) is 8.28. The van der Waals surface area contributed by atoms with Gasteiger partial charge < -0.3 is 9.84 Å². The Bertz CT molecular complexity index is 311. The number of hydrogen-bond acceptors (Lipinski definition) is 2. The standard InChI is InChI=1S/C9H8Cl2O3/c10-9(11,6-14-8(12)13)7-4-2-1-3-5-7/h1-5H,6H2,(H,12,13). The molecule has 0 aliphatic rings. The second-order valence-corrected chi connectivity index (χ2v) is 4.11. The Morgan fingerprint density at radius 1 is 1.36 bits per heavy atom. The van der Waals surface area contributed by atoms with E-state index in [-0.39, 0.29) is 6.61 Å². The van der Waals surface area contributed by atoms with Crippen LogP contribution in [-0.2, 0) is 9.07 Å². The van der Waals surface area contributed by atoms with Gasteiger partial charge in [0.15, 0.2) is 4.33 Å². The summed E-state index contributed by atoms with van der Waals surface area (Å²) in [6.45, 7) is -0.296. The van der Waals surface area contributed by atoms with Crippen LogP contribution in [0.5, 0.6) is 0 Å². The summed E-state index contributed by atoms with van der Waals surface area (Å²) in [5.41, 5.74) is 0.601. The van der Waals surface area contributed by atoms with Crippen LogP contribution >= 0.6 is 23.2 Å². The summed E-state index contributed by atoms with van der Waals surface area (Å²) >= 11 is 11.8. The molecule has 0 saturated heterocycles. The third-order valence-corrected chi connectivity index (χ3v) is 2.23. The highest BCUT2D eigenvalue weighted by molar-refractivity contribution is 6.48. The van der Waals surface area contributed by atoms with Gasteiger partial charge in [0.05, 0.1) is 0 Å². The lowest BCUT2D eigenvalue weighted by Gasteiger charge is -2.18. The number of halogens is 2. The van der Waals surface area contributed by atoms with E-state index in [1.54, 1.807) is 24.3 Å². The summed E-state index contributed by atoms with van der Waals surface area (Å²) in [7, 11) is 0. The number of carbonyl (C=O) groups is 1. The molecular weight excluding hydrogens is 227 g/mol. The monoisotopic (exact) mass is 234 g/mol. The molecule has 0 unspecified atom stereocenters. The van der Waals surface area contributed by atoms with Crippen LogP contribution in [-0.4, -0.2) is 17.9 Å². The van der Waals surface area contributed by atoms with Crippen molar-refractivity contribution in [1.29, 1.82) is 0 Å². The molecule has 76 valence electrons. The van der Waals surface area contributed by atoms with Crippen molar-refractivity contribution < 1.29 is 14.6 Å². The summed E-state index contributed by atoms with van der Waals surface area (Å²) in [6.07, 6.45) is -1.40. The van der Waals surface area contributed by atoms with Crippen LogP contribution in [0.25, 0.3) is 0 Å². The Morgan fingerprint density at radius 2 is 1.93 bits per heavy atom. The third kappa shape index (κ3) is 3.09. The van der Waals surface area contributed by atoms with Crippen LogP contribution in [0.1, 0.15) is 5.56 Å². The number of rotatable bonds is 3. The van der Waals surface area contributed by atoms with Crippen molar-refractivity contribution in [2.45, 2.75) is 4.33 Å². The molecule has 0 spiro atoms. The van der Waals surface area contributed by atoms with Crippen LogP contribution in [0.15, 0.2) is 30.3 Å². The minimum Gasteiger partial charge on any atom is -0.450 e. The Kier molecular flexibility index (Phi) is 3.61. The zero-order valence-electron chi connectivity index (χ0n) is 7.11. The third-order valence-electron chi connectivity index (χ3n) is 1.57. The van der Waals surface area contributed by atoms with E-state index in [4.69, 9.17) is 28.3 Å². The second-order valence-electron chi connectivity index (χ2n) is 2.63. The zero-order valence-corrected chi connectivity index (χ0v) is 8.63. The molecule has 0 saturated carbocycles. The maximum absolute atomic E-state index is 10.1. The number of hydrogen-bond donors (Lipinski definition) is 1. The lowest BCUT2D eigenvalue weighted by atomic mass is 10.1. The molecule has 0 aliphatic heterocycles. The van der Waals surface area contributed by atoms with Gasteiger partial charge in [-0.1, -0.05) is 53.5 Å². The van der Waals surface area contributed by atoms with Crippen molar-refractivity contribution in [3.63, 3.8) is 0 Å². The summed E-state index contributed by atoms with van der Waals surface area (Å²) in [6, 6.07) is 8.73. The second kappa shape index (κ2) is 4.53. The molecule has 0 aromatic heterocycles. The molecule has 0 radical (unpaired) electrons. The van der Waals surface area contributed by atoms with Gasteiger partial charge in [0, 0.05) is 0 Å². The van der Waals surface area contributed by atoms with Crippen molar-refractivity contribution in [1.82, 2.24) is 0 Å². The minimum absolute atomic E-state index is 0.296. The van der Waals surface area contributed by atoms with Gasteiger partial charge in [-0.2, -0.15) is 0 Å². The molecule has 1 aromatic rings. The van der Waals surface area contributed by atoms with Gasteiger partial charge in [-0.05, 0) is 5.56 Å². The highest BCUT2D eigenvalue weighted by Gasteiger charge is 2.28. The van der Waals surface area contributed by atoms with Gasteiger partial charge in [-0.3, -0.25) is 0 Å². The molecule has 0 bridgehead atoms. The van der Waals surface area contributed by atoms with Crippen molar-refractivity contribution >= 4 is 29.4 Å². The largest absolute Gasteiger partial charge is 0.505 e. The lowest BCUT2D eigenvalue weighted by molar-refractivity contribution is 0.0885. The number of ether oxygens (including phenoxy) is 1. The molecule has 1 aromatic carbocycles. The molecule has 0 atom stereocenters. The Balaban J connectivity index is 2.70. The van der Waals surface area contributed by atoms with Gasteiger partial charge in [0.25, 0.3) is 0 Å². The Morgan fingerprint density at radius 3 is 2.43 bits per heavy atom. The molecule has 1 N–H and O–H groups in total. The van der Waals surface area contributed by atoms with E-state index < -0.39 is 10.5 Å². The van der Waals surface area contributed by atoms with Crippen molar-refractivity contribution in [2.75, 3.05) is 6.61 Å². The minimum atomic E-state index is -1.40. The van der Waals surface area contributed by atoms with Crippen LogP contribution < -0.4 is 0 Å². The van der Waals surface area contributed by atoms with Gasteiger partial charge >= 0.3 is 6.16 Å². The first-order valence-corrected chi connectivity index (χ1v) is 4.57. The topological polar surface area (TPSA) is 46.5 Å². The average molecular weight is 235 g/mol. The normalized spacial score (nSPS) is 11.0. The first kappa shape index (κ1) is 11.1. The van der Waals surface area contributed by atoms with Crippen molar-refractivity contribution in [3.05, 3.63) is 35.9 Å². The van der Waals surface area contributed by atoms with Crippen LogP contribution in [0, 0.1) is 0 Å². The molecule has 3 nitrogen and oxygen atoms in total. The van der Waals surface area contributed by atoms with E-state index in [9.17, 15) is 4.79 Å². The van der Waals surface area contributed by atoms with E-state index in [0.29, 0.717) is 5.56 Å². The quantitative estimate of drug-likeness (QED) is 0.646. The highest BCUT2D eigenvalue weighted by Crippen LogP contribution is 2.33. The average Bonchev–Trinajstić information content (AvgIpc) is 2.16. The molecule has 5 heteroatoms. The predicted octanol–water partition coefficient (Wildman–Crippen LogP) is 3.01. The van der Waals surface area contributed by atoms with Crippen LogP contribution in [0.4, 0.5) is 4.79 Å². The van der Waals surface area contributed by atoms with E-state index >= 15 is 0 Å². The van der Waals surface area contributed by atoms with Gasteiger partial charge in [0.1, 0.15) is 6.61 Å². The lowest BCUT2D eigenvalue weighted by Crippen LogP contribution is -2.20. The zero-order chi connectivity index (χ0) is 10.6. The first-order chi connectivity index (χ1) is 6.52. The maximum atomic E-state index is 10.1. The molecule has 14 heavy (non-hydrogen) atoms. The van der Waals surface area contributed by atoms with Crippen molar-refractivity contribution in [2.24, 2.45) is 0 Å². The number of alkyl halides is 2. The Labute approximate surface area is 91.2 Å². The fraction of sp³-hybridized carbons (Fsp3) is 0.222. The maximum Gasteiger partial charge on any atom is 0.505 e. The van der Waals surface area contributed by atoms with Gasteiger partial charge in [-0.25, -0.2) is 4.79 Å². The van der Waals surface area contributed by atoms with E-state index in [1.165, 1.54) is 0 Å². The number of carboxylic acid groups (broad SMARTS) is 1. The summed E-state index contributed by atoms with van der Waals surface area (Å²) in [5.74, 6) is 0. The fourth-order valence-electron chi connectivity index (χ4n) is 0.918. The number of benzene rings is 1. The van der Waals surface area contributed by atoms with E-state index in [0.717, 1.165) is 0 Å². The smallest absolute Gasteiger partial charge is 0.450 e. The predicted molar refractivity (Wildman–Crippen MR) is 53.8 cm³/mol. The van der Waals surface area contributed by atoms with E-state index in [1.807, 2.05) is 6.07 Å². The summed E-state index contributed by atoms with van der Waals surface area (Å²) < 4.78 is 2.98. The van der Waals surface area contributed by atoms with Crippen LogP contribution in [0.2, 0.25) is 0 Å². The Hall–Kier alpha value is -0.930. The molecule has 0 fully saturated rings. The highest BCUT2D eigenvalue weighted by atomic mass is 35.5. The molecule has 0 aliphatic carbocycles. The molecule has 0 heterocycles. The SMILES string of the molecule is O=C(O)OCC(Cl)(Cl)c1ccccc1. The van der Waals surface area contributed by atoms with Gasteiger partial charge in [0.2, 0.25) is 0 Å². The van der Waals surface area contributed by atoms with Crippen LogP contribution in [0.3, 0.4) is 0 Å². The first-order valence-electron chi connectivity index (χ1n) is 3.81.